The molecule has 0 heterocycles. The Morgan fingerprint density at radius 1 is 1.27 bits per heavy atom. The van der Waals surface area contributed by atoms with Crippen LogP contribution in [-0.4, -0.2) is 17.6 Å². The van der Waals surface area contributed by atoms with E-state index in [1.807, 2.05) is 31.2 Å². The molecule has 0 saturated carbocycles. The smallest absolute Gasteiger partial charge is 0.193 e. The molecule has 0 aliphatic carbocycles. The maximum Gasteiger partial charge on any atom is 0.193 e. The lowest BCUT2D eigenvalue weighted by Gasteiger charge is -2.11. The van der Waals surface area contributed by atoms with Crippen LogP contribution in [0.3, 0.4) is 0 Å². The minimum absolute atomic E-state index is 0. The molecule has 0 aliphatic heterocycles. The van der Waals surface area contributed by atoms with Crippen molar-refractivity contribution in [1.82, 2.24) is 0 Å². The van der Waals surface area contributed by atoms with E-state index in [1.54, 1.807) is 12.1 Å². The summed E-state index contributed by atoms with van der Waals surface area (Å²) in [6, 6.07) is 13.7. The molecule has 0 radical (unpaired) electrons. The number of aryl methyl sites for hydroxylation is 1. The van der Waals surface area contributed by atoms with E-state index in [1.165, 1.54) is 12.1 Å². The SMILES string of the molecule is Cc1cccc(NC(N)=NCC(O)c2ccccc2F)c1.I. The van der Waals surface area contributed by atoms with Crippen LogP contribution in [0.2, 0.25) is 0 Å². The number of rotatable bonds is 4. The first-order chi connectivity index (χ1) is 10.1. The molecule has 0 aromatic heterocycles. The van der Waals surface area contributed by atoms with Gasteiger partial charge < -0.3 is 16.2 Å². The minimum atomic E-state index is -1.02. The standard InChI is InChI=1S/C16H18FN3O.HI/c1-11-5-4-6-12(9-11)20-16(18)19-10-15(21)13-7-2-3-8-14(13)17;/h2-9,15,21H,10H2,1H3,(H3,18,19,20);1H. The topological polar surface area (TPSA) is 70.6 Å². The maximum atomic E-state index is 13.5. The van der Waals surface area contributed by atoms with Crippen molar-refractivity contribution >= 4 is 35.6 Å². The highest BCUT2D eigenvalue weighted by molar-refractivity contribution is 14.0. The van der Waals surface area contributed by atoms with Gasteiger partial charge in [-0.25, -0.2) is 4.39 Å². The average molecular weight is 415 g/mol. The third-order valence-electron chi connectivity index (χ3n) is 2.99. The molecule has 0 amide bonds. The van der Waals surface area contributed by atoms with Gasteiger partial charge in [-0.2, -0.15) is 0 Å². The lowest BCUT2D eigenvalue weighted by molar-refractivity contribution is 0.182. The Labute approximate surface area is 146 Å². The van der Waals surface area contributed by atoms with Crippen LogP contribution >= 0.6 is 24.0 Å². The maximum absolute atomic E-state index is 13.5. The Hall–Kier alpha value is -1.67. The molecule has 0 bridgehead atoms. The van der Waals surface area contributed by atoms with E-state index < -0.39 is 11.9 Å². The second-order valence-corrected chi connectivity index (χ2v) is 4.76. The zero-order valence-corrected chi connectivity index (χ0v) is 14.5. The van der Waals surface area contributed by atoms with Crippen LogP contribution in [0.25, 0.3) is 0 Å². The van der Waals surface area contributed by atoms with Gasteiger partial charge in [0.1, 0.15) is 11.9 Å². The number of hydrogen-bond donors (Lipinski definition) is 3. The number of nitrogens with zero attached hydrogens (tertiary/aromatic N) is 1. The number of nitrogens with one attached hydrogen (secondary N) is 1. The van der Waals surface area contributed by atoms with Crippen LogP contribution < -0.4 is 11.1 Å². The summed E-state index contributed by atoms with van der Waals surface area (Å²) < 4.78 is 13.5. The summed E-state index contributed by atoms with van der Waals surface area (Å²) in [7, 11) is 0. The number of aliphatic imine (C=N–C) groups is 1. The molecule has 6 heteroatoms. The van der Waals surface area contributed by atoms with E-state index in [2.05, 4.69) is 10.3 Å². The first kappa shape index (κ1) is 18.4. The number of aliphatic hydroxyl groups is 1. The average Bonchev–Trinajstić information content (AvgIpc) is 2.45. The van der Waals surface area contributed by atoms with Crippen molar-refractivity contribution in [3.8, 4) is 0 Å². The van der Waals surface area contributed by atoms with E-state index >= 15 is 0 Å². The summed E-state index contributed by atoms with van der Waals surface area (Å²) in [6.07, 6.45) is -1.02. The minimum Gasteiger partial charge on any atom is -0.386 e. The van der Waals surface area contributed by atoms with Gasteiger partial charge in [0.25, 0.3) is 0 Å². The molecule has 118 valence electrons. The molecule has 4 nitrogen and oxygen atoms in total. The molecule has 0 aliphatic rings. The van der Waals surface area contributed by atoms with Crippen LogP contribution in [-0.2, 0) is 0 Å². The fourth-order valence-electron chi connectivity index (χ4n) is 1.94. The monoisotopic (exact) mass is 415 g/mol. The third-order valence-corrected chi connectivity index (χ3v) is 2.99. The quantitative estimate of drug-likeness (QED) is 0.408. The normalized spacial score (nSPS) is 12.4. The van der Waals surface area contributed by atoms with Gasteiger partial charge in [0.05, 0.1) is 6.54 Å². The van der Waals surface area contributed by atoms with Crippen molar-refractivity contribution in [2.75, 3.05) is 11.9 Å². The van der Waals surface area contributed by atoms with Crippen molar-refractivity contribution in [1.29, 1.82) is 0 Å². The lowest BCUT2D eigenvalue weighted by atomic mass is 10.1. The van der Waals surface area contributed by atoms with Gasteiger partial charge in [-0.15, -0.1) is 24.0 Å². The molecular weight excluding hydrogens is 396 g/mol. The molecule has 0 spiro atoms. The first-order valence-electron chi connectivity index (χ1n) is 6.62. The van der Waals surface area contributed by atoms with Crippen LogP contribution in [0.15, 0.2) is 53.5 Å². The number of anilines is 1. The molecule has 1 atom stereocenters. The van der Waals surface area contributed by atoms with Crippen molar-refractivity contribution < 1.29 is 9.50 Å². The third kappa shape index (κ3) is 5.27. The molecule has 0 saturated heterocycles. The van der Waals surface area contributed by atoms with Gasteiger partial charge in [0, 0.05) is 11.3 Å². The molecular formula is C16H19FIN3O. The molecule has 2 aromatic carbocycles. The predicted molar refractivity (Wildman–Crippen MR) is 98.1 cm³/mol. The summed E-state index contributed by atoms with van der Waals surface area (Å²) in [5, 5.41) is 12.9. The predicted octanol–water partition coefficient (Wildman–Crippen LogP) is 3.21. The zero-order valence-electron chi connectivity index (χ0n) is 12.2. The van der Waals surface area contributed by atoms with E-state index in [9.17, 15) is 9.50 Å². The summed E-state index contributed by atoms with van der Waals surface area (Å²) >= 11 is 0. The Morgan fingerprint density at radius 3 is 2.68 bits per heavy atom. The molecule has 22 heavy (non-hydrogen) atoms. The van der Waals surface area contributed by atoms with Crippen LogP contribution in [0, 0.1) is 12.7 Å². The van der Waals surface area contributed by atoms with Crippen molar-refractivity contribution in [2.24, 2.45) is 10.7 Å². The first-order valence-corrected chi connectivity index (χ1v) is 6.62. The number of hydrogen-bond acceptors (Lipinski definition) is 2. The number of aliphatic hydroxyl groups excluding tert-OH is 1. The second kappa shape index (κ2) is 8.70. The van der Waals surface area contributed by atoms with Crippen LogP contribution in [0.4, 0.5) is 10.1 Å². The summed E-state index contributed by atoms with van der Waals surface area (Å²) in [5.41, 5.74) is 7.88. The second-order valence-electron chi connectivity index (χ2n) is 4.76. The largest absolute Gasteiger partial charge is 0.386 e. The molecule has 2 aromatic rings. The van der Waals surface area contributed by atoms with E-state index in [0.717, 1.165) is 11.3 Å². The van der Waals surface area contributed by atoms with Crippen LogP contribution in [0.5, 0.6) is 0 Å². The molecule has 1 unspecified atom stereocenters. The van der Waals surface area contributed by atoms with E-state index in [-0.39, 0.29) is 42.0 Å². The number of benzene rings is 2. The summed E-state index contributed by atoms with van der Waals surface area (Å²) in [4.78, 5) is 4.03. The lowest BCUT2D eigenvalue weighted by Crippen LogP contribution is -2.23. The van der Waals surface area contributed by atoms with Crippen LogP contribution in [0.1, 0.15) is 17.2 Å². The molecule has 2 rings (SSSR count). The highest BCUT2D eigenvalue weighted by Gasteiger charge is 2.11. The van der Waals surface area contributed by atoms with Gasteiger partial charge in [0.2, 0.25) is 0 Å². The van der Waals surface area contributed by atoms with Gasteiger partial charge in [0.15, 0.2) is 5.96 Å². The van der Waals surface area contributed by atoms with Crippen molar-refractivity contribution in [2.45, 2.75) is 13.0 Å². The Bertz CT molecular complexity index is 649. The number of guanidine groups is 1. The highest BCUT2D eigenvalue weighted by Crippen LogP contribution is 2.16. The van der Waals surface area contributed by atoms with Gasteiger partial charge in [-0.05, 0) is 30.7 Å². The Kier molecular flexibility index (Phi) is 7.26. The fourth-order valence-corrected chi connectivity index (χ4v) is 1.94. The van der Waals surface area contributed by atoms with Crippen molar-refractivity contribution in [3.63, 3.8) is 0 Å². The summed E-state index contributed by atoms with van der Waals surface area (Å²) in [5.74, 6) is -0.276. The van der Waals surface area contributed by atoms with E-state index in [0.29, 0.717) is 0 Å². The summed E-state index contributed by atoms with van der Waals surface area (Å²) in [6.45, 7) is 1.96. The fraction of sp³-hybridized carbons (Fsp3) is 0.188. The molecule has 4 N–H and O–H groups in total. The number of nitrogens with two attached hydrogens (primary N) is 1. The highest BCUT2D eigenvalue weighted by atomic mass is 127. The Morgan fingerprint density at radius 2 is 2.00 bits per heavy atom. The number of halogens is 2. The van der Waals surface area contributed by atoms with Gasteiger partial charge in [-0.3, -0.25) is 4.99 Å². The van der Waals surface area contributed by atoms with Gasteiger partial charge in [-0.1, -0.05) is 30.3 Å². The zero-order chi connectivity index (χ0) is 15.2. The molecule has 0 fully saturated rings. The Balaban J connectivity index is 0.00000242. The van der Waals surface area contributed by atoms with Crippen molar-refractivity contribution in [3.05, 3.63) is 65.5 Å². The van der Waals surface area contributed by atoms with E-state index in [4.69, 9.17) is 5.73 Å². The van der Waals surface area contributed by atoms with Gasteiger partial charge >= 0.3 is 0 Å².